The lowest BCUT2D eigenvalue weighted by atomic mass is 10.0. The number of benzene rings is 2. The molecule has 0 aliphatic carbocycles. The topological polar surface area (TPSA) is 56.8 Å². The molecule has 0 aromatic heterocycles. The van der Waals surface area contributed by atoms with E-state index >= 15 is 0 Å². The van der Waals surface area contributed by atoms with E-state index in [2.05, 4.69) is 36.7 Å². The zero-order valence-corrected chi connectivity index (χ0v) is 18.7. The van der Waals surface area contributed by atoms with Gasteiger partial charge in [-0.05, 0) is 36.1 Å². The molecule has 2 rings (SSSR count). The Hall–Kier alpha value is -3.06. The molecule has 1 N–H and O–H groups in total. The lowest BCUT2D eigenvalue weighted by Crippen LogP contribution is -2.43. The Morgan fingerprint density at radius 2 is 1.74 bits per heavy atom. The van der Waals surface area contributed by atoms with Crippen molar-refractivity contribution in [2.75, 3.05) is 26.9 Å². The molecule has 0 aliphatic rings. The molecule has 1 unspecified atom stereocenters. The summed E-state index contributed by atoms with van der Waals surface area (Å²) in [6.45, 7) is 2.56. The van der Waals surface area contributed by atoms with Crippen LogP contribution in [0.5, 0.6) is 11.5 Å². The van der Waals surface area contributed by atoms with Crippen LogP contribution in [0.25, 0.3) is 0 Å². The molecule has 31 heavy (non-hydrogen) atoms. The summed E-state index contributed by atoms with van der Waals surface area (Å²) in [5, 5.41) is 2.89. The minimum atomic E-state index is -1.48. The van der Waals surface area contributed by atoms with Gasteiger partial charge in [0.25, 0.3) is 5.91 Å². The van der Waals surface area contributed by atoms with E-state index in [1.807, 2.05) is 36.4 Å². The van der Waals surface area contributed by atoms with Crippen LogP contribution in [0.1, 0.15) is 23.6 Å². The molecule has 162 valence electrons. The van der Waals surface area contributed by atoms with Crippen LogP contribution in [-0.4, -0.2) is 32.8 Å². The zero-order valence-electron chi connectivity index (χ0n) is 17.8. The molecule has 0 saturated heterocycles. The molecule has 0 spiro atoms. The first-order valence-corrected chi connectivity index (χ1v) is 10.3. The molecule has 1 amide bonds. The van der Waals surface area contributed by atoms with Crippen LogP contribution in [0.2, 0.25) is 0 Å². The van der Waals surface area contributed by atoms with Gasteiger partial charge in [0, 0.05) is 12.1 Å². The molecule has 6 heteroatoms. The van der Waals surface area contributed by atoms with Crippen LogP contribution >= 0.6 is 12.6 Å². The van der Waals surface area contributed by atoms with Crippen molar-refractivity contribution in [3.63, 3.8) is 0 Å². The third kappa shape index (κ3) is 6.46. The van der Waals surface area contributed by atoms with E-state index in [0.29, 0.717) is 30.0 Å². The summed E-state index contributed by atoms with van der Waals surface area (Å²) in [4.78, 5) is 11.5. The number of hydrogen-bond acceptors (Lipinski definition) is 5. The van der Waals surface area contributed by atoms with E-state index in [0.717, 1.165) is 17.5 Å². The van der Waals surface area contributed by atoms with Gasteiger partial charge in [-0.3, -0.25) is 4.79 Å². The predicted molar refractivity (Wildman–Crippen MR) is 125 cm³/mol. The van der Waals surface area contributed by atoms with E-state index in [4.69, 9.17) is 27.1 Å². The van der Waals surface area contributed by atoms with Gasteiger partial charge in [-0.15, -0.1) is 25.5 Å². The summed E-state index contributed by atoms with van der Waals surface area (Å²) >= 11 is 4.56. The maximum Gasteiger partial charge on any atom is 0.267 e. The van der Waals surface area contributed by atoms with Crippen LogP contribution in [0.3, 0.4) is 0 Å². The molecule has 0 heterocycles. The maximum absolute atomic E-state index is 13.0. The van der Waals surface area contributed by atoms with Gasteiger partial charge in [0.2, 0.25) is 4.93 Å². The largest absolute Gasteiger partial charge is 0.493 e. The molecule has 2 aromatic rings. The second-order valence-electron chi connectivity index (χ2n) is 6.67. The summed E-state index contributed by atoms with van der Waals surface area (Å²) in [7, 11) is 1.56. The number of rotatable bonds is 11. The number of terminal acetylenes is 2. The average Bonchev–Trinajstić information content (AvgIpc) is 2.81. The van der Waals surface area contributed by atoms with Gasteiger partial charge in [0.1, 0.15) is 13.2 Å². The van der Waals surface area contributed by atoms with Gasteiger partial charge in [0.15, 0.2) is 11.5 Å². The first kappa shape index (κ1) is 24.2. The highest BCUT2D eigenvalue weighted by Gasteiger charge is 2.37. The summed E-state index contributed by atoms with van der Waals surface area (Å²) in [6, 6.07) is 13.1. The number of hydrogen-bond donors (Lipinski definition) is 2. The van der Waals surface area contributed by atoms with Crippen molar-refractivity contribution in [3.8, 4) is 36.2 Å². The number of ether oxygens (including phenoxy) is 3. The molecule has 0 bridgehead atoms. The molecular formula is C25H27NO4S. The highest BCUT2D eigenvalue weighted by Crippen LogP contribution is 2.31. The second-order valence-corrected chi connectivity index (χ2v) is 7.30. The Bertz CT molecular complexity index is 959. The van der Waals surface area contributed by atoms with Crippen LogP contribution in [0.4, 0.5) is 0 Å². The third-order valence-electron chi connectivity index (χ3n) is 4.66. The molecular weight excluding hydrogens is 410 g/mol. The van der Waals surface area contributed by atoms with Gasteiger partial charge < -0.3 is 19.5 Å². The number of methoxy groups -OCH3 is 1. The minimum Gasteiger partial charge on any atom is -0.493 e. The van der Waals surface area contributed by atoms with Crippen molar-refractivity contribution in [2.45, 2.75) is 24.7 Å². The summed E-state index contributed by atoms with van der Waals surface area (Å²) in [5.74, 6) is 5.59. The molecule has 0 fully saturated rings. The van der Waals surface area contributed by atoms with Crippen LogP contribution in [0, 0.1) is 24.7 Å². The van der Waals surface area contributed by atoms with E-state index in [-0.39, 0.29) is 19.1 Å². The fraction of sp³-hybridized carbons (Fsp3) is 0.320. The SMILES string of the molecule is C#CCOc1ccc(CCNC(=O)C(S)(OCC#C)c2ccc(CC)cc2)cc1OC. The fourth-order valence-electron chi connectivity index (χ4n) is 2.94. The second kappa shape index (κ2) is 12.0. The Labute approximate surface area is 189 Å². The third-order valence-corrected chi connectivity index (χ3v) is 5.25. The molecule has 0 radical (unpaired) electrons. The van der Waals surface area contributed by atoms with Gasteiger partial charge >= 0.3 is 0 Å². The fourth-order valence-corrected chi connectivity index (χ4v) is 3.23. The number of carbonyl (C=O) groups excluding carboxylic acids is 1. The Balaban J connectivity index is 2.07. The lowest BCUT2D eigenvalue weighted by molar-refractivity contribution is -0.135. The van der Waals surface area contributed by atoms with Gasteiger partial charge in [-0.25, -0.2) is 0 Å². The van der Waals surface area contributed by atoms with Crippen LogP contribution in [-0.2, 0) is 27.3 Å². The molecule has 5 nitrogen and oxygen atoms in total. The average molecular weight is 438 g/mol. The lowest BCUT2D eigenvalue weighted by Gasteiger charge is -2.27. The van der Waals surface area contributed by atoms with Crippen molar-refractivity contribution < 1.29 is 19.0 Å². The minimum absolute atomic E-state index is 0.0389. The number of thiol groups is 1. The van der Waals surface area contributed by atoms with Gasteiger partial charge in [0.05, 0.1) is 7.11 Å². The first-order chi connectivity index (χ1) is 15.0. The molecule has 0 saturated carbocycles. The Morgan fingerprint density at radius 3 is 2.35 bits per heavy atom. The number of nitrogens with one attached hydrogen (secondary N) is 1. The van der Waals surface area contributed by atoms with E-state index in [1.54, 1.807) is 13.2 Å². The summed E-state index contributed by atoms with van der Waals surface area (Å²) < 4.78 is 16.5. The predicted octanol–water partition coefficient (Wildman–Crippen LogP) is 3.36. The normalized spacial score (nSPS) is 12.2. The van der Waals surface area contributed by atoms with Gasteiger partial charge in [-0.1, -0.05) is 49.1 Å². The molecule has 2 aromatic carbocycles. The van der Waals surface area contributed by atoms with Gasteiger partial charge in [-0.2, -0.15) is 0 Å². The number of aryl methyl sites for hydroxylation is 1. The van der Waals surface area contributed by atoms with E-state index in [1.165, 1.54) is 0 Å². The first-order valence-electron chi connectivity index (χ1n) is 9.89. The monoisotopic (exact) mass is 437 g/mol. The standard InChI is InChI=1S/C25H27NO4S/c1-5-16-29-22-13-10-20(18-23(22)28-4)14-15-26-24(27)25(31,30-17-6-2)21-11-8-19(7-3)9-12-21/h1-2,8-13,18,31H,7,14-17H2,3-4H3,(H,26,27). The van der Waals surface area contributed by atoms with Crippen molar-refractivity contribution in [3.05, 3.63) is 59.2 Å². The smallest absolute Gasteiger partial charge is 0.267 e. The Morgan fingerprint density at radius 1 is 1.06 bits per heavy atom. The highest BCUT2D eigenvalue weighted by molar-refractivity contribution is 7.82. The number of carbonyl (C=O) groups is 1. The van der Waals surface area contributed by atoms with E-state index < -0.39 is 4.93 Å². The zero-order chi connectivity index (χ0) is 22.7. The maximum atomic E-state index is 13.0. The van der Waals surface area contributed by atoms with E-state index in [9.17, 15) is 4.79 Å². The van der Waals surface area contributed by atoms with Crippen molar-refractivity contribution >= 4 is 18.5 Å². The number of amides is 1. The van der Waals surface area contributed by atoms with Crippen molar-refractivity contribution in [1.29, 1.82) is 0 Å². The molecule has 0 aliphatic heterocycles. The summed E-state index contributed by atoms with van der Waals surface area (Å²) in [5.41, 5.74) is 2.74. The molecule has 1 atom stereocenters. The Kier molecular flexibility index (Phi) is 9.34. The highest BCUT2D eigenvalue weighted by atomic mass is 32.1. The summed E-state index contributed by atoms with van der Waals surface area (Å²) in [6.07, 6.45) is 12.0. The van der Waals surface area contributed by atoms with Crippen molar-refractivity contribution in [2.24, 2.45) is 0 Å². The quantitative estimate of drug-likeness (QED) is 0.322. The van der Waals surface area contributed by atoms with Crippen LogP contribution in [0.15, 0.2) is 42.5 Å². The van der Waals surface area contributed by atoms with Crippen LogP contribution < -0.4 is 14.8 Å². The van der Waals surface area contributed by atoms with Crippen molar-refractivity contribution in [1.82, 2.24) is 5.32 Å².